The van der Waals surface area contributed by atoms with Crippen LogP contribution in [0.5, 0.6) is 5.75 Å². The molecule has 0 saturated heterocycles. The van der Waals surface area contributed by atoms with E-state index in [2.05, 4.69) is 15.5 Å². The number of hydrogen-bond donors (Lipinski definition) is 1. The quantitative estimate of drug-likeness (QED) is 0.918. The molecule has 0 radical (unpaired) electrons. The van der Waals surface area contributed by atoms with E-state index >= 15 is 0 Å². The van der Waals surface area contributed by atoms with Gasteiger partial charge < -0.3 is 10.1 Å². The zero-order valence-corrected chi connectivity index (χ0v) is 11.8. The standard InChI is InChI=1S/C12H12ClN3O2S/c1-18-9-5-3-2-4-8(9)6-7-14-10(17)11-15-16-12(13)19-11/h2-5H,6-7H2,1H3,(H,14,17). The van der Waals surface area contributed by atoms with Crippen molar-refractivity contribution in [2.24, 2.45) is 0 Å². The monoisotopic (exact) mass is 297 g/mol. The van der Waals surface area contributed by atoms with E-state index in [1.807, 2.05) is 24.3 Å². The fraction of sp³-hybridized carbons (Fsp3) is 0.250. The third-order valence-electron chi connectivity index (χ3n) is 2.47. The van der Waals surface area contributed by atoms with E-state index in [0.717, 1.165) is 22.6 Å². The number of halogens is 1. The Morgan fingerprint density at radius 3 is 2.89 bits per heavy atom. The molecule has 0 aliphatic heterocycles. The van der Waals surface area contributed by atoms with Crippen molar-refractivity contribution >= 4 is 28.8 Å². The Kier molecular flexibility index (Phi) is 4.70. The molecule has 1 amide bonds. The lowest BCUT2D eigenvalue weighted by atomic mass is 10.1. The second-order valence-corrected chi connectivity index (χ2v) is 5.24. The van der Waals surface area contributed by atoms with Gasteiger partial charge in [-0.05, 0) is 29.7 Å². The van der Waals surface area contributed by atoms with Crippen molar-refractivity contribution in [2.45, 2.75) is 6.42 Å². The Hall–Kier alpha value is -1.66. The van der Waals surface area contributed by atoms with Crippen LogP contribution in [0, 0.1) is 0 Å². The molecular formula is C12H12ClN3O2S. The summed E-state index contributed by atoms with van der Waals surface area (Å²) < 4.78 is 5.50. The molecule has 0 aliphatic rings. The maximum absolute atomic E-state index is 11.7. The van der Waals surface area contributed by atoms with Crippen LogP contribution in [0.15, 0.2) is 24.3 Å². The average Bonchev–Trinajstić information content (AvgIpc) is 2.86. The molecule has 0 unspecified atom stereocenters. The molecule has 0 fully saturated rings. The molecule has 1 heterocycles. The van der Waals surface area contributed by atoms with Gasteiger partial charge in [-0.3, -0.25) is 4.79 Å². The molecule has 2 rings (SSSR count). The number of para-hydroxylation sites is 1. The molecular weight excluding hydrogens is 286 g/mol. The fourth-order valence-corrected chi connectivity index (χ4v) is 2.34. The van der Waals surface area contributed by atoms with Crippen molar-refractivity contribution in [2.75, 3.05) is 13.7 Å². The zero-order valence-electron chi connectivity index (χ0n) is 10.2. The molecule has 1 aromatic carbocycles. The largest absolute Gasteiger partial charge is 0.496 e. The number of rotatable bonds is 5. The third-order valence-corrected chi connectivity index (χ3v) is 3.48. The predicted octanol–water partition coefficient (Wildman–Crippen LogP) is 2.17. The van der Waals surface area contributed by atoms with E-state index in [0.29, 0.717) is 13.0 Å². The van der Waals surface area contributed by atoms with Gasteiger partial charge in [0, 0.05) is 6.54 Å². The number of carbonyl (C=O) groups is 1. The summed E-state index contributed by atoms with van der Waals surface area (Å²) in [4.78, 5) is 11.7. The Morgan fingerprint density at radius 1 is 1.42 bits per heavy atom. The lowest BCUT2D eigenvalue weighted by Gasteiger charge is -2.08. The van der Waals surface area contributed by atoms with Crippen molar-refractivity contribution in [3.05, 3.63) is 39.3 Å². The minimum absolute atomic E-state index is 0.259. The summed E-state index contributed by atoms with van der Waals surface area (Å²) in [5.41, 5.74) is 1.04. The van der Waals surface area contributed by atoms with E-state index in [4.69, 9.17) is 16.3 Å². The Morgan fingerprint density at radius 2 is 2.21 bits per heavy atom. The van der Waals surface area contributed by atoms with Gasteiger partial charge in [-0.25, -0.2) is 0 Å². The van der Waals surface area contributed by atoms with Crippen molar-refractivity contribution < 1.29 is 9.53 Å². The van der Waals surface area contributed by atoms with E-state index in [9.17, 15) is 4.79 Å². The van der Waals surface area contributed by atoms with Gasteiger partial charge in [0.05, 0.1) is 7.11 Å². The summed E-state index contributed by atoms with van der Waals surface area (Å²) in [7, 11) is 1.63. The van der Waals surface area contributed by atoms with Crippen LogP contribution >= 0.6 is 22.9 Å². The molecule has 1 aromatic heterocycles. The predicted molar refractivity (Wildman–Crippen MR) is 74.0 cm³/mol. The maximum atomic E-state index is 11.7. The number of methoxy groups -OCH3 is 1. The SMILES string of the molecule is COc1ccccc1CCNC(=O)c1nnc(Cl)s1. The van der Waals surface area contributed by atoms with Gasteiger partial charge in [0.2, 0.25) is 9.47 Å². The van der Waals surface area contributed by atoms with E-state index in [-0.39, 0.29) is 15.4 Å². The van der Waals surface area contributed by atoms with Gasteiger partial charge in [-0.2, -0.15) is 0 Å². The molecule has 0 atom stereocenters. The summed E-state index contributed by atoms with van der Waals surface area (Å²) in [6.07, 6.45) is 0.683. The highest BCUT2D eigenvalue weighted by Crippen LogP contribution is 2.17. The van der Waals surface area contributed by atoms with Gasteiger partial charge in [-0.15, -0.1) is 10.2 Å². The number of carbonyl (C=O) groups excluding carboxylic acids is 1. The molecule has 1 N–H and O–H groups in total. The number of nitrogens with one attached hydrogen (secondary N) is 1. The smallest absolute Gasteiger partial charge is 0.282 e. The molecule has 5 nitrogen and oxygen atoms in total. The van der Waals surface area contributed by atoms with Crippen LogP contribution in [0.2, 0.25) is 4.47 Å². The summed E-state index contributed by atoms with van der Waals surface area (Å²) in [5.74, 6) is 0.551. The minimum Gasteiger partial charge on any atom is -0.496 e. The summed E-state index contributed by atoms with van der Waals surface area (Å²) in [5, 5.41) is 10.3. The van der Waals surface area contributed by atoms with Crippen LogP contribution < -0.4 is 10.1 Å². The highest BCUT2D eigenvalue weighted by atomic mass is 35.5. The molecule has 100 valence electrons. The highest BCUT2D eigenvalue weighted by molar-refractivity contribution is 7.17. The Bertz CT molecular complexity index is 574. The normalized spacial score (nSPS) is 10.2. The van der Waals surface area contributed by atoms with Gasteiger partial charge in [-0.1, -0.05) is 29.5 Å². The first-order valence-electron chi connectivity index (χ1n) is 5.60. The van der Waals surface area contributed by atoms with E-state index < -0.39 is 0 Å². The lowest BCUT2D eigenvalue weighted by molar-refractivity contribution is 0.0953. The first-order chi connectivity index (χ1) is 9.20. The molecule has 2 aromatic rings. The van der Waals surface area contributed by atoms with Crippen LogP contribution in [-0.4, -0.2) is 29.8 Å². The number of ether oxygens (including phenoxy) is 1. The summed E-state index contributed by atoms with van der Waals surface area (Å²) in [6, 6.07) is 7.70. The van der Waals surface area contributed by atoms with Gasteiger partial charge in [0.15, 0.2) is 0 Å². The zero-order chi connectivity index (χ0) is 13.7. The highest BCUT2D eigenvalue weighted by Gasteiger charge is 2.11. The maximum Gasteiger partial charge on any atom is 0.282 e. The third kappa shape index (κ3) is 3.65. The molecule has 0 bridgehead atoms. The Labute approximate surface area is 119 Å². The number of aromatic nitrogens is 2. The molecule has 0 spiro atoms. The minimum atomic E-state index is -0.265. The summed E-state index contributed by atoms with van der Waals surface area (Å²) >= 11 is 6.68. The second kappa shape index (κ2) is 6.49. The molecule has 19 heavy (non-hydrogen) atoms. The van der Waals surface area contributed by atoms with Crippen molar-refractivity contribution in [3.63, 3.8) is 0 Å². The van der Waals surface area contributed by atoms with Crippen molar-refractivity contribution in [1.29, 1.82) is 0 Å². The fourth-order valence-electron chi connectivity index (χ4n) is 1.59. The molecule has 7 heteroatoms. The summed E-state index contributed by atoms with van der Waals surface area (Å²) in [6.45, 7) is 0.496. The average molecular weight is 298 g/mol. The molecule has 0 saturated carbocycles. The van der Waals surface area contributed by atoms with Crippen LogP contribution in [-0.2, 0) is 6.42 Å². The van der Waals surface area contributed by atoms with Crippen molar-refractivity contribution in [1.82, 2.24) is 15.5 Å². The first kappa shape index (κ1) is 13.8. The van der Waals surface area contributed by atoms with Gasteiger partial charge >= 0.3 is 0 Å². The van der Waals surface area contributed by atoms with Crippen molar-refractivity contribution in [3.8, 4) is 5.75 Å². The Balaban J connectivity index is 1.88. The number of amides is 1. The van der Waals surface area contributed by atoms with Crippen LogP contribution in [0.1, 0.15) is 15.4 Å². The topological polar surface area (TPSA) is 64.1 Å². The van der Waals surface area contributed by atoms with Gasteiger partial charge in [0.1, 0.15) is 5.75 Å². The number of hydrogen-bond acceptors (Lipinski definition) is 5. The first-order valence-corrected chi connectivity index (χ1v) is 6.79. The van der Waals surface area contributed by atoms with E-state index in [1.165, 1.54) is 0 Å². The lowest BCUT2D eigenvalue weighted by Crippen LogP contribution is -2.25. The second-order valence-electron chi connectivity index (χ2n) is 3.68. The van der Waals surface area contributed by atoms with Crippen LogP contribution in [0.3, 0.4) is 0 Å². The number of nitrogens with zero attached hydrogens (tertiary/aromatic N) is 2. The van der Waals surface area contributed by atoms with E-state index in [1.54, 1.807) is 7.11 Å². The van der Waals surface area contributed by atoms with Gasteiger partial charge in [0.25, 0.3) is 5.91 Å². The van der Waals surface area contributed by atoms with Crippen LogP contribution in [0.25, 0.3) is 0 Å². The molecule has 0 aliphatic carbocycles. The van der Waals surface area contributed by atoms with Crippen LogP contribution in [0.4, 0.5) is 0 Å². The number of benzene rings is 1.